The zero-order chi connectivity index (χ0) is 15.3. The monoisotopic (exact) mass is 282 g/mol. The van der Waals surface area contributed by atoms with Crippen molar-refractivity contribution < 1.29 is 19.1 Å². The second-order valence-corrected chi connectivity index (χ2v) is 4.92. The van der Waals surface area contributed by atoms with E-state index in [-0.39, 0.29) is 6.54 Å². The number of carbonyl (C=O) groups is 2. The summed E-state index contributed by atoms with van der Waals surface area (Å²) >= 11 is 0. The molecule has 1 unspecified atom stereocenters. The molecule has 110 valence electrons. The largest absolute Gasteiger partial charge is 0.481 e. The van der Waals surface area contributed by atoms with Gasteiger partial charge in [0.05, 0.1) is 5.41 Å². The van der Waals surface area contributed by atoms with Crippen molar-refractivity contribution in [3.63, 3.8) is 0 Å². The minimum atomic E-state index is -1.02. The molecule has 0 aliphatic heterocycles. The predicted octanol–water partition coefficient (Wildman–Crippen LogP) is 2.47. The predicted molar refractivity (Wildman–Crippen MR) is 74.2 cm³/mol. The smallest absolute Gasteiger partial charge is 0.321 e. The van der Waals surface area contributed by atoms with Crippen LogP contribution in [0.5, 0.6) is 0 Å². The number of anilines is 1. The molecule has 6 heteroatoms. The van der Waals surface area contributed by atoms with Gasteiger partial charge in [-0.05, 0) is 31.5 Å². The Morgan fingerprint density at radius 3 is 2.60 bits per heavy atom. The Morgan fingerprint density at radius 2 is 2.10 bits per heavy atom. The molecule has 0 spiro atoms. The fourth-order valence-electron chi connectivity index (χ4n) is 1.54. The van der Waals surface area contributed by atoms with E-state index in [0.717, 1.165) is 0 Å². The number of amides is 2. The van der Waals surface area contributed by atoms with Crippen molar-refractivity contribution in [3.05, 3.63) is 30.1 Å². The van der Waals surface area contributed by atoms with E-state index in [2.05, 4.69) is 5.32 Å². The molecule has 5 nitrogen and oxygen atoms in total. The molecule has 1 aromatic carbocycles. The molecule has 1 aromatic rings. The van der Waals surface area contributed by atoms with E-state index in [1.807, 2.05) is 0 Å². The number of benzene rings is 1. The number of hydrogen-bond acceptors (Lipinski definition) is 2. The third-order valence-electron chi connectivity index (χ3n) is 3.43. The van der Waals surface area contributed by atoms with E-state index in [9.17, 15) is 14.0 Å². The van der Waals surface area contributed by atoms with Crippen LogP contribution in [-0.4, -0.2) is 30.7 Å². The number of carboxylic acid groups (broad SMARTS) is 1. The van der Waals surface area contributed by atoms with Gasteiger partial charge in [0, 0.05) is 19.3 Å². The summed E-state index contributed by atoms with van der Waals surface area (Å²) in [7, 11) is 1.49. The van der Waals surface area contributed by atoms with Gasteiger partial charge in [0.25, 0.3) is 0 Å². The molecule has 0 bridgehead atoms. The maximum absolute atomic E-state index is 13.1. The number of carbonyl (C=O) groups excluding carboxylic acids is 1. The minimum Gasteiger partial charge on any atom is -0.481 e. The summed E-state index contributed by atoms with van der Waals surface area (Å²) in [6.45, 7) is 3.33. The zero-order valence-corrected chi connectivity index (χ0v) is 11.8. The fraction of sp³-hybridized carbons (Fsp3) is 0.429. The normalized spacial score (nSPS) is 13.4. The van der Waals surface area contributed by atoms with Gasteiger partial charge in [-0.25, -0.2) is 9.18 Å². The van der Waals surface area contributed by atoms with Crippen molar-refractivity contribution in [2.45, 2.75) is 20.3 Å². The van der Waals surface area contributed by atoms with Crippen molar-refractivity contribution in [1.29, 1.82) is 0 Å². The van der Waals surface area contributed by atoms with E-state index < -0.39 is 23.2 Å². The van der Waals surface area contributed by atoms with Crippen LogP contribution < -0.4 is 10.2 Å². The molecule has 0 aromatic heterocycles. The second kappa shape index (κ2) is 6.36. The first kappa shape index (κ1) is 15.9. The van der Waals surface area contributed by atoms with Gasteiger partial charge in [0.1, 0.15) is 5.82 Å². The van der Waals surface area contributed by atoms with Gasteiger partial charge in [-0.3, -0.25) is 9.69 Å². The van der Waals surface area contributed by atoms with E-state index in [0.29, 0.717) is 12.1 Å². The van der Waals surface area contributed by atoms with Crippen molar-refractivity contribution >= 4 is 17.7 Å². The van der Waals surface area contributed by atoms with Gasteiger partial charge in [-0.1, -0.05) is 13.0 Å². The molecule has 0 aliphatic rings. The van der Waals surface area contributed by atoms with Crippen LogP contribution >= 0.6 is 0 Å². The van der Waals surface area contributed by atoms with Crippen LogP contribution in [0.25, 0.3) is 0 Å². The Labute approximate surface area is 117 Å². The average Bonchev–Trinajstić information content (AvgIpc) is 2.43. The summed E-state index contributed by atoms with van der Waals surface area (Å²) < 4.78 is 13.1. The highest BCUT2D eigenvalue weighted by Crippen LogP contribution is 2.20. The van der Waals surface area contributed by atoms with Crippen molar-refractivity contribution in [2.24, 2.45) is 5.41 Å². The number of halogens is 1. The minimum absolute atomic E-state index is 0.0112. The Kier molecular flexibility index (Phi) is 5.07. The molecule has 1 rings (SSSR count). The summed E-state index contributed by atoms with van der Waals surface area (Å²) in [5, 5.41) is 11.7. The van der Waals surface area contributed by atoms with E-state index in [1.165, 1.54) is 30.1 Å². The summed E-state index contributed by atoms with van der Waals surface area (Å²) in [6.07, 6.45) is 0.395. The number of hydrogen-bond donors (Lipinski definition) is 2. The maximum atomic E-state index is 13.1. The van der Waals surface area contributed by atoms with Gasteiger partial charge in [0.2, 0.25) is 0 Å². The van der Waals surface area contributed by atoms with Crippen LogP contribution in [0.3, 0.4) is 0 Å². The van der Waals surface area contributed by atoms with Crippen LogP contribution in [0.2, 0.25) is 0 Å². The zero-order valence-electron chi connectivity index (χ0n) is 11.8. The number of aliphatic carboxylic acids is 1. The molecule has 1 atom stereocenters. The summed E-state index contributed by atoms with van der Waals surface area (Å²) in [4.78, 5) is 24.3. The van der Waals surface area contributed by atoms with Gasteiger partial charge < -0.3 is 10.4 Å². The van der Waals surface area contributed by atoms with Crippen LogP contribution in [-0.2, 0) is 4.79 Å². The third-order valence-corrected chi connectivity index (χ3v) is 3.43. The number of nitrogens with one attached hydrogen (secondary N) is 1. The highest BCUT2D eigenvalue weighted by molar-refractivity contribution is 5.91. The Bertz CT molecular complexity index is 507. The SMILES string of the molecule is CCC(C)(CNC(=O)N(C)c1cccc(F)c1)C(=O)O. The maximum Gasteiger partial charge on any atom is 0.321 e. The molecular formula is C14H19FN2O3. The second-order valence-electron chi connectivity index (χ2n) is 4.92. The first-order valence-electron chi connectivity index (χ1n) is 6.30. The molecule has 2 N–H and O–H groups in total. The molecule has 0 fully saturated rings. The van der Waals surface area contributed by atoms with Crippen LogP contribution in [0.4, 0.5) is 14.9 Å². The first-order chi connectivity index (χ1) is 9.30. The lowest BCUT2D eigenvalue weighted by atomic mass is 9.88. The van der Waals surface area contributed by atoms with E-state index in [1.54, 1.807) is 19.9 Å². The number of nitrogens with zero attached hydrogens (tertiary/aromatic N) is 1. The number of urea groups is 1. The van der Waals surface area contributed by atoms with Gasteiger partial charge in [0.15, 0.2) is 0 Å². The topological polar surface area (TPSA) is 69.6 Å². The molecule has 0 saturated carbocycles. The fourth-order valence-corrected chi connectivity index (χ4v) is 1.54. The van der Waals surface area contributed by atoms with Crippen molar-refractivity contribution in [3.8, 4) is 0 Å². The summed E-state index contributed by atoms with van der Waals surface area (Å²) in [6, 6.07) is 5.14. The Hall–Kier alpha value is -2.11. The van der Waals surface area contributed by atoms with Crippen LogP contribution in [0.15, 0.2) is 24.3 Å². The molecule has 0 aliphatic carbocycles. The lowest BCUT2D eigenvalue weighted by Gasteiger charge is -2.25. The average molecular weight is 282 g/mol. The lowest BCUT2D eigenvalue weighted by Crippen LogP contribution is -2.45. The molecule has 20 heavy (non-hydrogen) atoms. The van der Waals surface area contributed by atoms with Crippen molar-refractivity contribution in [2.75, 3.05) is 18.5 Å². The standard InChI is InChI=1S/C14H19FN2O3/c1-4-14(2,12(18)19)9-16-13(20)17(3)11-7-5-6-10(15)8-11/h5-8H,4,9H2,1-3H3,(H,16,20)(H,18,19). The highest BCUT2D eigenvalue weighted by Gasteiger charge is 2.31. The quantitative estimate of drug-likeness (QED) is 0.871. The molecule has 0 heterocycles. The summed E-state index contributed by atoms with van der Waals surface area (Å²) in [5.41, 5.74) is -0.616. The number of rotatable bonds is 5. The molecule has 0 radical (unpaired) electrons. The Balaban J connectivity index is 2.70. The molecule has 2 amide bonds. The Morgan fingerprint density at radius 1 is 1.45 bits per heavy atom. The molecular weight excluding hydrogens is 263 g/mol. The van der Waals surface area contributed by atoms with Crippen molar-refractivity contribution in [1.82, 2.24) is 5.32 Å². The van der Waals surface area contributed by atoms with Gasteiger partial charge >= 0.3 is 12.0 Å². The van der Waals surface area contributed by atoms with Crippen LogP contribution in [0.1, 0.15) is 20.3 Å². The lowest BCUT2D eigenvalue weighted by molar-refractivity contribution is -0.147. The van der Waals surface area contributed by atoms with Crippen LogP contribution in [0, 0.1) is 11.2 Å². The highest BCUT2D eigenvalue weighted by atomic mass is 19.1. The first-order valence-corrected chi connectivity index (χ1v) is 6.30. The summed E-state index contributed by atoms with van der Waals surface area (Å²) in [5.74, 6) is -1.40. The van der Waals surface area contributed by atoms with E-state index in [4.69, 9.17) is 5.11 Å². The number of carboxylic acids is 1. The molecule has 0 saturated heterocycles. The third kappa shape index (κ3) is 3.69. The van der Waals surface area contributed by atoms with Gasteiger partial charge in [-0.2, -0.15) is 0 Å². The van der Waals surface area contributed by atoms with E-state index >= 15 is 0 Å². The van der Waals surface area contributed by atoms with Gasteiger partial charge in [-0.15, -0.1) is 0 Å².